The third kappa shape index (κ3) is 2.61. The third-order valence-corrected chi connectivity index (χ3v) is 6.52. The highest BCUT2D eigenvalue weighted by Crippen LogP contribution is 2.59. The summed E-state index contributed by atoms with van der Waals surface area (Å²) in [5.41, 5.74) is 5.49. The number of rotatable bonds is 5. The van der Waals surface area contributed by atoms with Gasteiger partial charge in [-0.3, -0.25) is 4.79 Å². The van der Waals surface area contributed by atoms with Crippen molar-refractivity contribution < 1.29 is 9.21 Å². The predicted molar refractivity (Wildman–Crippen MR) is 109 cm³/mol. The summed E-state index contributed by atoms with van der Waals surface area (Å²) in [4.78, 5) is 13.4. The van der Waals surface area contributed by atoms with Gasteiger partial charge in [0.1, 0.15) is 5.76 Å². The lowest BCUT2D eigenvalue weighted by Crippen LogP contribution is -2.47. The van der Waals surface area contributed by atoms with E-state index in [1.54, 1.807) is 6.26 Å². The number of furan rings is 1. The summed E-state index contributed by atoms with van der Waals surface area (Å²) in [7, 11) is 0. The van der Waals surface area contributed by atoms with Gasteiger partial charge in [0, 0.05) is 11.8 Å². The molecule has 3 aliphatic carbocycles. The second-order valence-electron chi connectivity index (χ2n) is 7.99. The van der Waals surface area contributed by atoms with Crippen LogP contribution in [0.2, 0.25) is 0 Å². The van der Waals surface area contributed by atoms with Crippen molar-refractivity contribution in [2.75, 3.05) is 0 Å². The van der Waals surface area contributed by atoms with Crippen molar-refractivity contribution in [3.8, 4) is 0 Å². The molecule has 28 heavy (non-hydrogen) atoms. The molecule has 0 spiro atoms. The average molecular weight is 371 g/mol. The van der Waals surface area contributed by atoms with Gasteiger partial charge in [0.15, 0.2) is 0 Å². The van der Waals surface area contributed by atoms with Gasteiger partial charge in [-0.25, -0.2) is 0 Å². The van der Waals surface area contributed by atoms with Crippen LogP contribution in [0.25, 0.3) is 0 Å². The Labute approximate surface area is 165 Å². The van der Waals surface area contributed by atoms with Crippen LogP contribution >= 0.6 is 0 Å². The van der Waals surface area contributed by atoms with Gasteiger partial charge in [0.25, 0.3) is 0 Å². The summed E-state index contributed by atoms with van der Waals surface area (Å²) >= 11 is 0. The average Bonchev–Trinajstić information content (AvgIpc) is 3.26. The summed E-state index contributed by atoms with van der Waals surface area (Å²) in [6.07, 6.45) is 3.79. The SMILES string of the molecule is CCC[C@H]1C2c3ccccc3C(c3ccccc32)[C@@H]1C(=O)NCc1ccco1. The summed E-state index contributed by atoms with van der Waals surface area (Å²) < 4.78 is 5.41. The number of hydrogen-bond acceptors (Lipinski definition) is 2. The topological polar surface area (TPSA) is 42.2 Å². The number of carbonyl (C=O) groups excluding carboxylic acids is 1. The van der Waals surface area contributed by atoms with Crippen molar-refractivity contribution in [3.63, 3.8) is 0 Å². The minimum Gasteiger partial charge on any atom is -0.467 e. The molecule has 1 heterocycles. The minimum atomic E-state index is -0.0373. The van der Waals surface area contributed by atoms with Crippen molar-refractivity contribution in [1.29, 1.82) is 0 Å². The van der Waals surface area contributed by atoms with Crippen LogP contribution in [0.3, 0.4) is 0 Å². The molecule has 142 valence electrons. The van der Waals surface area contributed by atoms with Crippen LogP contribution in [0.5, 0.6) is 0 Å². The second kappa shape index (κ2) is 6.97. The van der Waals surface area contributed by atoms with E-state index in [1.807, 2.05) is 12.1 Å². The maximum absolute atomic E-state index is 13.4. The zero-order valence-electron chi connectivity index (χ0n) is 16.1. The van der Waals surface area contributed by atoms with E-state index in [9.17, 15) is 4.79 Å². The molecule has 3 nitrogen and oxygen atoms in total. The van der Waals surface area contributed by atoms with Crippen molar-refractivity contribution in [2.24, 2.45) is 11.8 Å². The highest BCUT2D eigenvalue weighted by molar-refractivity contribution is 5.83. The van der Waals surface area contributed by atoms with Gasteiger partial charge < -0.3 is 9.73 Å². The standard InChI is InChI=1S/C25H25NO2/c1-2-8-21-22-17-10-3-5-12-19(17)23(20-13-6-4-11-18(20)22)24(21)25(27)26-15-16-9-7-14-28-16/h3-7,9-14,21-24H,2,8,15H2,1H3,(H,26,27)/t21-,22?,23?,24+/m0/s1. The molecule has 2 aromatic carbocycles. The Morgan fingerprint density at radius 2 is 1.50 bits per heavy atom. The third-order valence-electron chi connectivity index (χ3n) is 6.52. The van der Waals surface area contributed by atoms with Crippen molar-refractivity contribution in [3.05, 3.63) is 94.9 Å². The van der Waals surface area contributed by atoms with Crippen LogP contribution in [0.1, 0.15) is 59.6 Å². The zero-order chi connectivity index (χ0) is 19.1. The summed E-state index contributed by atoms with van der Waals surface area (Å²) in [6, 6.07) is 21.2. The molecular weight excluding hydrogens is 346 g/mol. The van der Waals surface area contributed by atoms with Crippen LogP contribution in [0, 0.1) is 11.8 Å². The minimum absolute atomic E-state index is 0.0373. The van der Waals surface area contributed by atoms with Gasteiger partial charge in [0.2, 0.25) is 5.91 Å². The molecule has 1 aromatic heterocycles. The highest BCUT2D eigenvalue weighted by Gasteiger charge is 2.51. The number of benzene rings is 2. The monoisotopic (exact) mass is 371 g/mol. The molecule has 0 saturated heterocycles. The first-order chi connectivity index (χ1) is 13.8. The molecule has 0 fully saturated rings. The number of hydrogen-bond donors (Lipinski definition) is 1. The maximum atomic E-state index is 13.4. The summed E-state index contributed by atoms with van der Waals surface area (Å²) in [6.45, 7) is 2.67. The Bertz CT molecular complexity index is 944. The maximum Gasteiger partial charge on any atom is 0.224 e. The smallest absolute Gasteiger partial charge is 0.224 e. The van der Waals surface area contributed by atoms with E-state index in [4.69, 9.17) is 4.42 Å². The van der Waals surface area contributed by atoms with Gasteiger partial charge in [-0.05, 0) is 46.7 Å². The first-order valence-electron chi connectivity index (χ1n) is 10.3. The molecule has 0 unspecified atom stereocenters. The first-order valence-corrected chi connectivity index (χ1v) is 10.3. The molecule has 0 aliphatic heterocycles. The highest BCUT2D eigenvalue weighted by atomic mass is 16.3. The second-order valence-corrected chi connectivity index (χ2v) is 7.99. The van der Waals surface area contributed by atoms with E-state index in [0.717, 1.165) is 18.6 Å². The Balaban J connectivity index is 1.57. The Kier molecular flexibility index (Phi) is 4.31. The van der Waals surface area contributed by atoms with Gasteiger partial charge >= 0.3 is 0 Å². The van der Waals surface area contributed by atoms with Crippen LogP contribution in [0.4, 0.5) is 0 Å². The molecule has 6 rings (SSSR count). The largest absolute Gasteiger partial charge is 0.467 e. The number of amides is 1. The van der Waals surface area contributed by atoms with Crippen LogP contribution in [-0.4, -0.2) is 5.91 Å². The van der Waals surface area contributed by atoms with E-state index < -0.39 is 0 Å². The fourth-order valence-corrected chi connectivity index (χ4v) is 5.52. The fraction of sp³-hybridized carbons (Fsp3) is 0.320. The molecule has 3 aliphatic rings. The van der Waals surface area contributed by atoms with E-state index >= 15 is 0 Å². The first kappa shape index (κ1) is 17.3. The number of carbonyl (C=O) groups is 1. The Morgan fingerprint density at radius 3 is 2.04 bits per heavy atom. The summed E-state index contributed by atoms with van der Waals surface area (Å²) in [5, 5.41) is 3.16. The van der Waals surface area contributed by atoms with Gasteiger partial charge in [-0.15, -0.1) is 0 Å². The van der Waals surface area contributed by atoms with Gasteiger partial charge in [-0.1, -0.05) is 61.9 Å². The molecule has 2 atom stereocenters. The molecule has 2 bridgehead atoms. The number of fused-ring (bicyclic) bond motifs is 1. The van der Waals surface area contributed by atoms with E-state index in [0.29, 0.717) is 18.4 Å². The molecular formula is C25H25NO2. The van der Waals surface area contributed by atoms with Gasteiger partial charge in [-0.2, -0.15) is 0 Å². The lowest BCUT2D eigenvalue weighted by molar-refractivity contribution is -0.128. The number of nitrogens with one attached hydrogen (secondary N) is 1. The van der Waals surface area contributed by atoms with Gasteiger partial charge in [0.05, 0.1) is 18.7 Å². The molecule has 1 N–H and O–H groups in total. The molecule has 3 aromatic rings. The lowest BCUT2D eigenvalue weighted by Gasteiger charge is -2.50. The van der Waals surface area contributed by atoms with Crippen molar-refractivity contribution in [1.82, 2.24) is 5.32 Å². The van der Waals surface area contributed by atoms with E-state index in [2.05, 4.69) is 60.8 Å². The van der Waals surface area contributed by atoms with Crippen LogP contribution in [0.15, 0.2) is 71.3 Å². The summed E-state index contributed by atoms with van der Waals surface area (Å²) in [5.74, 6) is 1.67. The van der Waals surface area contributed by atoms with Crippen molar-refractivity contribution in [2.45, 2.75) is 38.1 Å². The molecule has 3 heteroatoms. The van der Waals surface area contributed by atoms with Crippen LogP contribution < -0.4 is 5.32 Å². The Morgan fingerprint density at radius 1 is 0.893 bits per heavy atom. The zero-order valence-corrected chi connectivity index (χ0v) is 16.1. The van der Waals surface area contributed by atoms with Crippen LogP contribution in [-0.2, 0) is 11.3 Å². The predicted octanol–water partition coefficient (Wildman–Crippen LogP) is 5.22. The molecule has 0 radical (unpaired) electrons. The fourth-order valence-electron chi connectivity index (χ4n) is 5.52. The molecule has 0 saturated carbocycles. The van der Waals surface area contributed by atoms with Crippen molar-refractivity contribution >= 4 is 5.91 Å². The normalized spacial score (nSPS) is 24.5. The Hall–Kier alpha value is -2.81. The molecule has 1 amide bonds. The quantitative estimate of drug-likeness (QED) is 0.668. The van der Waals surface area contributed by atoms with E-state index in [1.165, 1.54) is 22.3 Å². The lowest BCUT2D eigenvalue weighted by atomic mass is 9.53. The van der Waals surface area contributed by atoms with E-state index in [-0.39, 0.29) is 17.7 Å².